The number of nitrogens with one attached hydrogen (secondary N) is 1. The summed E-state index contributed by atoms with van der Waals surface area (Å²) in [5, 5.41) is 3.15. The van der Waals surface area contributed by atoms with Crippen molar-refractivity contribution < 1.29 is 19.0 Å². The summed E-state index contributed by atoms with van der Waals surface area (Å²) in [6.07, 6.45) is 4.79. The number of carbonyl (C=O) groups excluding carboxylic acids is 1. The summed E-state index contributed by atoms with van der Waals surface area (Å²) < 4.78 is 16.2. The van der Waals surface area contributed by atoms with E-state index in [2.05, 4.69) is 34.5 Å². The van der Waals surface area contributed by atoms with Crippen LogP contribution in [0.2, 0.25) is 0 Å². The van der Waals surface area contributed by atoms with Crippen molar-refractivity contribution in [2.24, 2.45) is 0 Å². The van der Waals surface area contributed by atoms with E-state index in [1.165, 1.54) is 22.3 Å². The smallest absolute Gasteiger partial charge is 0.220 e. The summed E-state index contributed by atoms with van der Waals surface area (Å²) in [6.45, 7) is 3.36. The number of amides is 1. The van der Waals surface area contributed by atoms with E-state index in [-0.39, 0.29) is 5.91 Å². The molecule has 1 aliphatic heterocycles. The number of aryl methyl sites for hydroxylation is 1. The Morgan fingerprint density at radius 1 is 1.00 bits per heavy atom. The molecular weight excluding hydrogens is 404 g/mol. The Hall–Kier alpha value is -2.73. The summed E-state index contributed by atoms with van der Waals surface area (Å²) in [5.74, 6) is 2.89. The van der Waals surface area contributed by atoms with Crippen molar-refractivity contribution >= 4 is 5.91 Å². The van der Waals surface area contributed by atoms with Gasteiger partial charge in [-0.2, -0.15) is 0 Å². The highest BCUT2D eigenvalue weighted by Crippen LogP contribution is 2.36. The number of methoxy groups -OCH3 is 3. The third kappa shape index (κ3) is 5.01. The quantitative estimate of drug-likeness (QED) is 0.681. The molecule has 0 aromatic heterocycles. The Kier molecular flexibility index (Phi) is 7.20. The molecule has 0 saturated carbocycles. The van der Waals surface area contributed by atoms with Gasteiger partial charge in [-0.3, -0.25) is 9.69 Å². The molecule has 6 heteroatoms. The molecule has 2 aromatic rings. The van der Waals surface area contributed by atoms with Gasteiger partial charge in [-0.05, 0) is 78.1 Å². The second kappa shape index (κ2) is 10.3. The van der Waals surface area contributed by atoms with E-state index in [0.29, 0.717) is 18.9 Å². The van der Waals surface area contributed by atoms with Crippen LogP contribution in [0, 0.1) is 0 Å². The monoisotopic (exact) mass is 438 g/mol. The highest BCUT2D eigenvalue weighted by atomic mass is 16.5. The van der Waals surface area contributed by atoms with Gasteiger partial charge in [0.05, 0.1) is 21.3 Å². The van der Waals surface area contributed by atoms with Crippen molar-refractivity contribution in [3.8, 4) is 17.2 Å². The molecular formula is C26H34N2O4. The average Bonchev–Trinajstić information content (AvgIpc) is 2.82. The number of benzene rings is 2. The standard InChI is InChI=1S/C26H34N2O4/c1-30-22-7-8-23-19(13-22)5-4-6-20(23)16-26(29)27-10-12-28-11-9-18-14-24(31-2)25(32-3)15-21(18)17-28/h7-8,13-15,20H,4-6,9-12,16-17H2,1-3H3,(H,27,29). The minimum absolute atomic E-state index is 0.141. The second-order valence-corrected chi connectivity index (χ2v) is 8.71. The Labute approximate surface area is 190 Å². The Morgan fingerprint density at radius 3 is 2.53 bits per heavy atom. The molecule has 2 aromatic carbocycles. The zero-order chi connectivity index (χ0) is 22.5. The number of rotatable bonds is 8. The molecule has 1 heterocycles. The minimum atomic E-state index is 0.141. The molecule has 1 atom stereocenters. The number of nitrogens with zero attached hydrogens (tertiary/aromatic N) is 1. The van der Waals surface area contributed by atoms with E-state index in [1.54, 1.807) is 21.3 Å². The van der Waals surface area contributed by atoms with Gasteiger partial charge in [0.15, 0.2) is 11.5 Å². The van der Waals surface area contributed by atoms with Crippen LogP contribution in [0.25, 0.3) is 0 Å². The summed E-state index contributed by atoms with van der Waals surface area (Å²) in [4.78, 5) is 15.0. The first-order valence-corrected chi connectivity index (χ1v) is 11.5. The maximum Gasteiger partial charge on any atom is 0.220 e. The van der Waals surface area contributed by atoms with Crippen molar-refractivity contribution in [3.63, 3.8) is 0 Å². The highest BCUT2D eigenvalue weighted by Gasteiger charge is 2.23. The lowest BCUT2D eigenvalue weighted by Crippen LogP contribution is -2.38. The summed E-state index contributed by atoms with van der Waals surface area (Å²) in [6, 6.07) is 10.4. The molecule has 1 unspecified atom stereocenters. The zero-order valence-corrected chi connectivity index (χ0v) is 19.4. The Bertz CT molecular complexity index is 959. The summed E-state index contributed by atoms with van der Waals surface area (Å²) >= 11 is 0. The number of carbonyl (C=O) groups is 1. The van der Waals surface area contributed by atoms with Crippen molar-refractivity contribution in [2.45, 2.75) is 44.6 Å². The van der Waals surface area contributed by atoms with E-state index in [1.807, 2.05) is 6.07 Å². The van der Waals surface area contributed by atoms with E-state index >= 15 is 0 Å². The van der Waals surface area contributed by atoms with Gasteiger partial charge >= 0.3 is 0 Å². The van der Waals surface area contributed by atoms with Gasteiger partial charge in [-0.15, -0.1) is 0 Å². The summed E-state index contributed by atoms with van der Waals surface area (Å²) in [5.41, 5.74) is 5.22. The maximum atomic E-state index is 12.7. The fourth-order valence-corrected chi connectivity index (χ4v) is 5.01. The van der Waals surface area contributed by atoms with E-state index < -0.39 is 0 Å². The van der Waals surface area contributed by atoms with Crippen LogP contribution in [0.5, 0.6) is 17.2 Å². The molecule has 0 fully saturated rings. The largest absolute Gasteiger partial charge is 0.497 e. The first kappa shape index (κ1) is 22.5. The van der Waals surface area contributed by atoms with Gasteiger partial charge in [-0.25, -0.2) is 0 Å². The van der Waals surface area contributed by atoms with Crippen LogP contribution in [-0.2, 0) is 24.2 Å². The first-order chi connectivity index (χ1) is 15.6. The SMILES string of the molecule is COc1ccc2c(c1)CCCC2CC(=O)NCCN1CCc2cc(OC)c(OC)cc2C1. The molecule has 4 rings (SSSR count). The topological polar surface area (TPSA) is 60.0 Å². The van der Waals surface area contributed by atoms with Crippen molar-refractivity contribution in [3.05, 3.63) is 52.6 Å². The lowest BCUT2D eigenvalue weighted by atomic mass is 9.81. The van der Waals surface area contributed by atoms with Crippen molar-refractivity contribution in [2.75, 3.05) is 41.0 Å². The molecule has 0 saturated heterocycles. The van der Waals surface area contributed by atoms with Crippen molar-refractivity contribution in [1.29, 1.82) is 0 Å². The average molecular weight is 439 g/mol. The molecule has 1 N–H and O–H groups in total. The predicted molar refractivity (Wildman–Crippen MR) is 125 cm³/mol. The number of ether oxygens (including phenoxy) is 3. The normalized spacial score (nSPS) is 17.8. The van der Waals surface area contributed by atoms with Crippen LogP contribution in [0.3, 0.4) is 0 Å². The Balaban J connectivity index is 1.27. The van der Waals surface area contributed by atoms with Crippen LogP contribution in [-0.4, -0.2) is 51.8 Å². The van der Waals surface area contributed by atoms with Crippen LogP contribution < -0.4 is 19.5 Å². The third-order valence-corrected chi connectivity index (χ3v) is 6.77. The van der Waals surface area contributed by atoms with E-state index in [9.17, 15) is 4.79 Å². The van der Waals surface area contributed by atoms with Crippen LogP contribution in [0.15, 0.2) is 30.3 Å². The van der Waals surface area contributed by atoms with Gasteiger partial charge < -0.3 is 19.5 Å². The molecule has 32 heavy (non-hydrogen) atoms. The van der Waals surface area contributed by atoms with Crippen molar-refractivity contribution in [1.82, 2.24) is 10.2 Å². The van der Waals surface area contributed by atoms with Gasteiger partial charge in [0, 0.05) is 32.6 Å². The zero-order valence-electron chi connectivity index (χ0n) is 19.4. The molecule has 1 aliphatic carbocycles. The highest BCUT2D eigenvalue weighted by molar-refractivity contribution is 5.77. The molecule has 0 bridgehead atoms. The minimum Gasteiger partial charge on any atom is -0.497 e. The lowest BCUT2D eigenvalue weighted by molar-refractivity contribution is -0.121. The fourth-order valence-electron chi connectivity index (χ4n) is 5.01. The van der Waals surface area contributed by atoms with Gasteiger partial charge in [0.25, 0.3) is 0 Å². The number of hydrogen-bond donors (Lipinski definition) is 1. The fraction of sp³-hybridized carbons (Fsp3) is 0.500. The van der Waals surface area contributed by atoms with Gasteiger partial charge in [0.2, 0.25) is 5.91 Å². The molecule has 0 radical (unpaired) electrons. The third-order valence-electron chi connectivity index (χ3n) is 6.77. The molecule has 172 valence electrons. The first-order valence-electron chi connectivity index (χ1n) is 11.5. The van der Waals surface area contributed by atoms with Crippen LogP contribution in [0.1, 0.15) is 47.4 Å². The van der Waals surface area contributed by atoms with Crippen LogP contribution in [0.4, 0.5) is 0 Å². The number of fused-ring (bicyclic) bond motifs is 2. The van der Waals surface area contributed by atoms with Gasteiger partial charge in [0.1, 0.15) is 5.75 Å². The van der Waals surface area contributed by atoms with E-state index in [4.69, 9.17) is 14.2 Å². The lowest BCUT2D eigenvalue weighted by Gasteiger charge is -2.29. The maximum absolute atomic E-state index is 12.7. The molecule has 0 spiro atoms. The predicted octanol–water partition coefficient (Wildman–Crippen LogP) is 3.70. The molecule has 2 aliphatic rings. The number of hydrogen-bond acceptors (Lipinski definition) is 5. The van der Waals surface area contributed by atoms with Crippen LogP contribution >= 0.6 is 0 Å². The molecule has 1 amide bonds. The molecule has 6 nitrogen and oxygen atoms in total. The van der Waals surface area contributed by atoms with E-state index in [0.717, 1.165) is 62.6 Å². The van der Waals surface area contributed by atoms with Gasteiger partial charge in [-0.1, -0.05) is 6.07 Å². The summed E-state index contributed by atoms with van der Waals surface area (Å²) in [7, 11) is 5.04. The second-order valence-electron chi connectivity index (χ2n) is 8.71. The Morgan fingerprint density at radius 2 is 1.78 bits per heavy atom.